The minimum absolute atomic E-state index is 0.0153. The lowest BCUT2D eigenvalue weighted by molar-refractivity contribution is -0.145. The summed E-state index contributed by atoms with van der Waals surface area (Å²) in [6, 6.07) is 4.07. The fraction of sp³-hybridized carbons (Fsp3) is 0.690. The molecule has 1 aliphatic heterocycles. The molecule has 0 aliphatic carbocycles. The van der Waals surface area contributed by atoms with Crippen LogP contribution < -0.4 is 5.32 Å². The number of hydrogen-bond acceptors (Lipinski definition) is 6. The third kappa shape index (κ3) is 8.71. The molecule has 220 valence electrons. The Morgan fingerprint density at radius 1 is 1.15 bits per heavy atom. The zero-order valence-corrected chi connectivity index (χ0v) is 24.4. The van der Waals surface area contributed by atoms with Crippen LogP contribution in [-0.4, -0.2) is 97.9 Å². The van der Waals surface area contributed by atoms with Gasteiger partial charge in [0.25, 0.3) is 0 Å². The Kier molecular flexibility index (Phi) is 12.8. The van der Waals surface area contributed by atoms with Crippen molar-refractivity contribution in [2.45, 2.75) is 83.2 Å². The number of amides is 2. The van der Waals surface area contributed by atoms with Crippen LogP contribution in [0.5, 0.6) is 0 Å². The van der Waals surface area contributed by atoms with Crippen molar-refractivity contribution >= 4 is 17.8 Å². The number of ether oxygens (including phenoxy) is 2. The molecule has 2 amide bonds. The van der Waals surface area contributed by atoms with Gasteiger partial charge in [0.05, 0.1) is 30.6 Å². The highest BCUT2D eigenvalue weighted by Gasteiger charge is 2.41. The predicted octanol–water partition coefficient (Wildman–Crippen LogP) is 2.96. The van der Waals surface area contributed by atoms with Crippen LogP contribution in [0.2, 0.25) is 0 Å². The van der Waals surface area contributed by atoms with E-state index < -0.39 is 35.8 Å². The lowest BCUT2D eigenvalue weighted by atomic mass is 9.90. The molecule has 2 N–H and O–H groups in total. The van der Waals surface area contributed by atoms with Crippen LogP contribution >= 0.6 is 0 Å². The number of hydrogen-bond donors (Lipinski definition) is 2. The fourth-order valence-corrected chi connectivity index (χ4v) is 5.73. The first kappa shape index (κ1) is 32.7. The molecule has 0 unspecified atom stereocenters. The zero-order chi connectivity index (χ0) is 29.3. The van der Waals surface area contributed by atoms with Gasteiger partial charge in [0.2, 0.25) is 11.8 Å². The number of nitrogens with one attached hydrogen (secondary N) is 1. The Hall–Kier alpha value is -2.56. The molecular formula is C29H46FN3O6. The fourth-order valence-electron chi connectivity index (χ4n) is 5.73. The second kappa shape index (κ2) is 15.3. The number of carbonyl (C=O) groups is 3. The Morgan fingerprint density at radius 2 is 1.79 bits per heavy atom. The number of aliphatic carboxylic acids is 1. The molecule has 1 aromatic carbocycles. The minimum Gasteiger partial charge on any atom is -0.480 e. The maximum Gasteiger partial charge on any atom is 0.326 e. The number of benzene rings is 1. The van der Waals surface area contributed by atoms with Crippen LogP contribution in [0.3, 0.4) is 0 Å². The van der Waals surface area contributed by atoms with E-state index in [-0.39, 0.29) is 36.9 Å². The highest BCUT2D eigenvalue weighted by Crippen LogP contribution is 2.29. The summed E-state index contributed by atoms with van der Waals surface area (Å²) < 4.78 is 24.8. The lowest BCUT2D eigenvalue weighted by Gasteiger charge is -2.38. The third-order valence-corrected chi connectivity index (χ3v) is 8.03. The smallest absolute Gasteiger partial charge is 0.326 e. The third-order valence-electron chi connectivity index (χ3n) is 8.03. The molecule has 10 heteroatoms. The van der Waals surface area contributed by atoms with Crippen molar-refractivity contribution in [1.29, 1.82) is 0 Å². The van der Waals surface area contributed by atoms with E-state index in [2.05, 4.69) is 24.1 Å². The van der Waals surface area contributed by atoms with E-state index >= 15 is 0 Å². The van der Waals surface area contributed by atoms with Crippen LogP contribution in [0.4, 0.5) is 4.39 Å². The van der Waals surface area contributed by atoms with E-state index in [1.165, 1.54) is 31.4 Å². The number of carboxylic acid groups (broad SMARTS) is 1. The van der Waals surface area contributed by atoms with Gasteiger partial charge in [-0.05, 0) is 50.6 Å². The molecule has 2 rings (SSSR count). The topological polar surface area (TPSA) is 108 Å². The molecule has 0 aromatic heterocycles. The van der Waals surface area contributed by atoms with Crippen LogP contribution in [0.25, 0.3) is 0 Å². The molecule has 1 saturated heterocycles. The molecule has 0 radical (unpaired) electrons. The van der Waals surface area contributed by atoms with E-state index in [9.17, 15) is 23.9 Å². The average Bonchev–Trinajstić information content (AvgIpc) is 3.38. The van der Waals surface area contributed by atoms with Gasteiger partial charge < -0.3 is 29.7 Å². The summed E-state index contributed by atoms with van der Waals surface area (Å²) >= 11 is 0. The minimum atomic E-state index is -1.19. The van der Waals surface area contributed by atoms with E-state index in [0.29, 0.717) is 24.4 Å². The van der Waals surface area contributed by atoms with E-state index in [4.69, 9.17) is 9.47 Å². The Balaban J connectivity index is 2.13. The summed E-state index contributed by atoms with van der Waals surface area (Å²) in [5.41, 5.74) is 0.591. The number of halogens is 1. The molecule has 1 aliphatic rings. The van der Waals surface area contributed by atoms with Crippen molar-refractivity contribution in [3.63, 3.8) is 0 Å². The SMILES string of the molecule is CC[C@H](C)[C@@H]([C@@H](CC(=O)N1CCC[C@H]1[C@H](OC)[C@@H](C)C(=O)N[C@@H](Cc1ccc(F)cc1)C(=O)O)OC)N(C)C. The molecule has 1 fully saturated rings. The normalized spacial score (nSPS) is 20.2. The van der Waals surface area contributed by atoms with Gasteiger partial charge in [0.1, 0.15) is 11.9 Å². The molecule has 0 saturated carbocycles. The van der Waals surface area contributed by atoms with Crippen LogP contribution in [0.1, 0.15) is 52.0 Å². The molecule has 0 spiro atoms. The summed E-state index contributed by atoms with van der Waals surface area (Å²) in [5, 5.41) is 12.3. The summed E-state index contributed by atoms with van der Waals surface area (Å²) in [6.07, 6.45) is 1.76. The van der Waals surface area contributed by atoms with E-state index in [1.807, 2.05) is 14.1 Å². The molecule has 1 heterocycles. The highest BCUT2D eigenvalue weighted by atomic mass is 19.1. The maximum absolute atomic E-state index is 13.5. The number of likely N-dealkylation sites (tertiary alicyclic amines) is 1. The number of carboxylic acids is 1. The lowest BCUT2D eigenvalue weighted by Crippen LogP contribution is -2.53. The summed E-state index contributed by atoms with van der Waals surface area (Å²) in [7, 11) is 7.13. The van der Waals surface area contributed by atoms with Gasteiger partial charge in [-0.2, -0.15) is 0 Å². The first-order valence-corrected chi connectivity index (χ1v) is 13.7. The van der Waals surface area contributed by atoms with Crippen LogP contribution in [-0.2, 0) is 30.3 Å². The van der Waals surface area contributed by atoms with Crippen molar-refractivity contribution in [2.24, 2.45) is 11.8 Å². The number of methoxy groups -OCH3 is 2. The summed E-state index contributed by atoms with van der Waals surface area (Å²) in [5.74, 6) is -2.51. The monoisotopic (exact) mass is 551 g/mol. The van der Waals surface area contributed by atoms with Gasteiger partial charge >= 0.3 is 5.97 Å². The molecule has 39 heavy (non-hydrogen) atoms. The largest absolute Gasteiger partial charge is 0.480 e. The Labute approximate surface area is 232 Å². The molecule has 9 nitrogen and oxygen atoms in total. The van der Waals surface area contributed by atoms with Crippen molar-refractivity contribution in [1.82, 2.24) is 15.1 Å². The van der Waals surface area contributed by atoms with Crippen molar-refractivity contribution < 1.29 is 33.4 Å². The molecule has 7 atom stereocenters. The Morgan fingerprint density at radius 3 is 2.31 bits per heavy atom. The number of likely N-dealkylation sites (N-methyl/N-ethyl adjacent to an activating group) is 1. The van der Waals surface area contributed by atoms with Gasteiger partial charge in [-0.25, -0.2) is 9.18 Å². The first-order chi connectivity index (χ1) is 18.4. The van der Waals surface area contributed by atoms with Crippen molar-refractivity contribution in [2.75, 3.05) is 34.9 Å². The van der Waals surface area contributed by atoms with Crippen LogP contribution in [0.15, 0.2) is 24.3 Å². The van der Waals surface area contributed by atoms with E-state index in [1.54, 1.807) is 18.9 Å². The van der Waals surface area contributed by atoms with Gasteiger partial charge in [-0.1, -0.05) is 39.3 Å². The standard InChI is InChI=1S/C29H46FN3O6/c1-8-18(2)26(32(4)5)24(38-6)17-25(34)33-15-9-10-23(33)27(39-7)19(3)28(35)31-22(29(36)37)16-20-11-13-21(30)14-12-20/h11-14,18-19,22-24,26-27H,8-10,15-17H2,1-7H3,(H,31,35)(H,36,37)/t18-,19+,22-,23-,24+,26-,27+/m0/s1. The number of nitrogens with zero attached hydrogens (tertiary/aromatic N) is 2. The molecule has 1 aromatic rings. The van der Waals surface area contributed by atoms with Gasteiger partial charge in [-0.15, -0.1) is 0 Å². The summed E-state index contributed by atoms with van der Waals surface area (Å²) in [4.78, 5) is 42.5. The second-order valence-electron chi connectivity index (χ2n) is 10.8. The highest BCUT2D eigenvalue weighted by molar-refractivity contribution is 5.85. The molecular weight excluding hydrogens is 505 g/mol. The quantitative estimate of drug-likeness (QED) is 0.345. The van der Waals surface area contributed by atoms with Crippen molar-refractivity contribution in [3.8, 4) is 0 Å². The predicted molar refractivity (Wildman–Crippen MR) is 147 cm³/mol. The van der Waals surface area contributed by atoms with Crippen LogP contribution in [0, 0.1) is 17.7 Å². The first-order valence-electron chi connectivity index (χ1n) is 13.7. The van der Waals surface area contributed by atoms with Gasteiger partial charge in [-0.3, -0.25) is 9.59 Å². The van der Waals surface area contributed by atoms with E-state index in [0.717, 1.165) is 12.8 Å². The van der Waals surface area contributed by atoms with Crippen molar-refractivity contribution in [3.05, 3.63) is 35.6 Å². The Bertz CT molecular complexity index is 943. The van der Waals surface area contributed by atoms with Gasteiger partial charge in [0, 0.05) is 33.2 Å². The summed E-state index contributed by atoms with van der Waals surface area (Å²) in [6.45, 7) is 6.52. The van der Waals surface area contributed by atoms with Gasteiger partial charge in [0.15, 0.2) is 0 Å². The maximum atomic E-state index is 13.5. The molecule has 0 bridgehead atoms. The number of carbonyl (C=O) groups excluding carboxylic acids is 2. The number of rotatable bonds is 15. The zero-order valence-electron chi connectivity index (χ0n) is 24.4. The second-order valence-corrected chi connectivity index (χ2v) is 10.8. The average molecular weight is 552 g/mol.